The highest BCUT2D eigenvalue weighted by Crippen LogP contribution is 2.24. The third-order valence-corrected chi connectivity index (χ3v) is 6.47. The van der Waals surface area contributed by atoms with Crippen LogP contribution < -0.4 is 0 Å². The lowest BCUT2D eigenvalue weighted by Gasteiger charge is -2.26. The molecule has 2 heterocycles. The van der Waals surface area contributed by atoms with Gasteiger partial charge in [0.1, 0.15) is 5.52 Å². The molecule has 1 saturated heterocycles. The second-order valence-electron chi connectivity index (χ2n) is 5.47. The Morgan fingerprint density at radius 1 is 1.43 bits per heavy atom. The molecule has 23 heavy (non-hydrogen) atoms. The predicted molar refractivity (Wildman–Crippen MR) is 89.2 cm³/mol. The lowest BCUT2D eigenvalue weighted by atomic mass is 10.2. The van der Waals surface area contributed by atoms with E-state index in [1.165, 1.54) is 11.8 Å². The quantitative estimate of drug-likeness (QED) is 0.764. The van der Waals surface area contributed by atoms with Crippen LogP contribution >= 0.6 is 11.8 Å². The molecule has 8 heteroatoms. The zero-order valence-corrected chi connectivity index (χ0v) is 14.4. The van der Waals surface area contributed by atoms with Crippen LogP contribution in [0.3, 0.4) is 0 Å². The number of oxazole rings is 1. The number of amides is 1. The number of rotatable bonds is 5. The maximum absolute atomic E-state index is 12.4. The highest BCUT2D eigenvalue weighted by molar-refractivity contribution is 7.99. The standard InChI is InChI=1S/C15H18N2O4S2/c1-2-17(11-7-8-23(19,20)10-11)14(18)9-22-15-16-12-5-3-4-6-13(12)21-15/h3-6,11H,2,7-10H2,1H3/t11-/m1/s1. The van der Waals surface area contributed by atoms with Crippen LogP contribution in [0, 0.1) is 0 Å². The van der Waals surface area contributed by atoms with E-state index in [0.29, 0.717) is 23.8 Å². The summed E-state index contributed by atoms with van der Waals surface area (Å²) >= 11 is 1.24. The van der Waals surface area contributed by atoms with E-state index in [1.54, 1.807) is 4.90 Å². The minimum Gasteiger partial charge on any atom is -0.431 e. The number of benzene rings is 1. The molecule has 6 nitrogen and oxygen atoms in total. The van der Waals surface area contributed by atoms with Gasteiger partial charge in [-0.3, -0.25) is 4.79 Å². The number of hydrogen-bond acceptors (Lipinski definition) is 6. The molecule has 1 fully saturated rings. The van der Waals surface area contributed by atoms with E-state index in [9.17, 15) is 13.2 Å². The molecule has 2 aromatic rings. The van der Waals surface area contributed by atoms with Gasteiger partial charge in [-0.05, 0) is 25.5 Å². The molecular formula is C15H18N2O4S2. The van der Waals surface area contributed by atoms with E-state index in [4.69, 9.17) is 4.42 Å². The monoisotopic (exact) mass is 354 g/mol. The molecule has 0 saturated carbocycles. The molecule has 1 aliphatic heterocycles. The molecule has 0 unspecified atom stereocenters. The number of carbonyl (C=O) groups excluding carboxylic acids is 1. The Labute approximate surface area is 139 Å². The fourth-order valence-corrected chi connectivity index (χ4v) is 5.23. The summed E-state index contributed by atoms with van der Waals surface area (Å²) in [6, 6.07) is 7.22. The topological polar surface area (TPSA) is 80.5 Å². The SMILES string of the molecule is CCN(C(=O)CSc1nc2ccccc2o1)[C@@H]1CCS(=O)(=O)C1. The van der Waals surface area contributed by atoms with Gasteiger partial charge >= 0.3 is 0 Å². The Hall–Kier alpha value is -1.54. The van der Waals surface area contributed by atoms with Crippen LogP contribution in [0.5, 0.6) is 0 Å². The molecule has 0 aliphatic carbocycles. The first-order valence-corrected chi connectivity index (χ1v) is 10.3. The van der Waals surface area contributed by atoms with Gasteiger partial charge in [-0.2, -0.15) is 0 Å². The Balaban J connectivity index is 1.63. The fraction of sp³-hybridized carbons (Fsp3) is 0.467. The van der Waals surface area contributed by atoms with Crippen molar-refractivity contribution in [3.8, 4) is 0 Å². The highest BCUT2D eigenvalue weighted by atomic mass is 32.2. The van der Waals surface area contributed by atoms with E-state index in [2.05, 4.69) is 4.98 Å². The van der Waals surface area contributed by atoms with Gasteiger partial charge < -0.3 is 9.32 Å². The van der Waals surface area contributed by atoms with Gasteiger partial charge in [-0.1, -0.05) is 23.9 Å². The molecule has 1 aromatic heterocycles. The molecule has 0 N–H and O–H groups in total. The number of thioether (sulfide) groups is 1. The van der Waals surface area contributed by atoms with Crippen molar-refractivity contribution >= 4 is 38.6 Å². The van der Waals surface area contributed by atoms with Crippen molar-refractivity contribution in [2.45, 2.75) is 24.6 Å². The molecule has 0 spiro atoms. The van der Waals surface area contributed by atoms with E-state index in [1.807, 2.05) is 31.2 Å². The van der Waals surface area contributed by atoms with Crippen molar-refractivity contribution < 1.29 is 17.6 Å². The van der Waals surface area contributed by atoms with Gasteiger partial charge in [0, 0.05) is 12.6 Å². The summed E-state index contributed by atoms with van der Waals surface area (Å²) in [7, 11) is -3.00. The zero-order valence-electron chi connectivity index (χ0n) is 12.8. The molecule has 1 amide bonds. The van der Waals surface area contributed by atoms with Crippen LogP contribution in [-0.2, 0) is 14.6 Å². The van der Waals surface area contributed by atoms with E-state index < -0.39 is 9.84 Å². The summed E-state index contributed by atoms with van der Waals surface area (Å²) in [4.78, 5) is 18.4. The van der Waals surface area contributed by atoms with Gasteiger partial charge in [0.2, 0.25) is 5.91 Å². The summed E-state index contributed by atoms with van der Waals surface area (Å²) in [5.41, 5.74) is 1.45. The summed E-state index contributed by atoms with van der Waals surface area (Å²) in [5, 5.41) is 0.453. The smallest absolute Gasteiger partial charge is 0.257 e. The van der Waals surface area contributed by atoms with Crippen LogP contribution in [0.2, 0.25) is 0 Å². The summed E-state index contributed by atoms with van der Waals surface area (Å²) in [5.74, 6) is 0.346. The molecule has 3 rings (SSSR count). The van der Waals surface area contributed by atoms with Crippen molar-refractivity contribution in [1.29, 1.82) is 0 Å². The van der Waals surface area contributed by atoms with Crippen molar-refractivity contribution in [3.63, 3.8) is 0 Å². The maximum atomic E-state index is 12.4. The lowest BCUT2D eigenvalue weighted by molar-refractivity contribution is -0.129. The first-order chi connectivity index (χ1) is 11.0. The van der Waals surface area contributed by atoms with Gasteiger partial charge in [0.15, 0.2) is 15.4 Å². The van der Waals surface area contributed by atoms with Crippen molar-refractivity contribution in [1.82, 2.24) is 9.88 Å². The first kappa shape index (κ1) is 16.3. The summed E-state index contributed by atoms with van der Waals surface area (Å²) in [6.07, 6.45) is 0.523. The van der Waals surface area contributed by atoms with Gasteiger partial charge in [-0.25, -0.2) is 13.4 Å². The maximum Gasteiger partial charge on any atom is 0.257 e. The number of carbonyl (C=O) groups is 1. The van der Waals surface area contributed by atoms with E-state index >= 15 is 0 Å². The molecule has 1 aliphatic rings. The van der Waals surface area contributed by atoms with E-state index in [-0.39, 0.29) is 29.2 Å². The van der Waals surface area contributed by atoms with Gasteiger partial charge in [-0.15, -0.1) is 0 Å². The van der Waals surface area contributed by atoms with Gasteiger partial charge in [0.25, 0.3) is 5.22 Å². The number of aromatic nitrogens is 1. The normalized spacial score (nSPS) is 20.0. The van der Waals surface area contributed by atoms with Crippen LogP contribution in [-0.4, -0.2) is 54.1 Å². The summed E-state index contributed by atoms with van der Waals surface area (Å²) in [6.45, 7) is 2.38. The third-order valence-electron chi connectivity index (χ3n) is 3.90. The predicted octanol–water partition coefficient (Wildman–Crippen LogP) is 1.96. The molecular weight excluding hydrogens is 336 g/mol. The number of fused-ring (bicyclic) bond motifs is 1. The lowest BCUT2D eigenvalue weighted by Crippen LogP contribution is -2.41. The molecule has 0 bridgehead atoms. The average Bonchev–Trinajstić information content (AvgIpc) is 3.08. The minimum absolute atomic E-state index is 0.0696. The Kier molecular flexibility index (Phi) is 4.63. The van der Waals surface area contributed by atoms with Crippen LogP contribution in [0.4, 0.5) is 0 Å². The molecule has 1 aromatic carbocycles. The number of sulfone groups is 1. The highest BCUT2D eigenvalue weighted by Gasteiger charge is 2.33. The molecule has 1 atom stereocenters. The average molecular weight is 354 g/mol. The molecule has 124 valence electrons. The number of para-hydroxylation sites is 2. The van der Waals surface area contributed by atoms with Crippen molar-refractivity contribution in [2.75, 3.05) is 23.8 Å². The Morgan fingerprint density at radius 3 is 2.87 bits per heavy atom. The zero-order chi connectivity index (χ0) is 16.4. The van der Waals surface area contributed by atoms with Crippen LogP contribution in [0.15, 0.2) is 33.9 Å². The molecule has 0 radical (unpaired) electrons. The second kappa shape index (κ2) is 6.52. The second-order valence-corrected chi connectivity index (χ2v) is 8.63. The van der Waals surface area contributed by atoms with Crippen LogP contribution in [0.25, 0.3) is 11.1 Å². The third kappa shape index (κ3) is 3.69. The number of hydrogen-bond donors (Lipinski definition) is 0. The fourth-order valence-electron chi connectivity index (χ4n) is 2.78. The Bertz CT molecular complexity index is 783. The van der Waals surface area contributed by atoms with Gasteiger partial charge in [0.05, 0.1) is 17.3 Å². The minimum atomic E-state index is -3.00. The van der Waals surface area contributed by atoms with E-state index in [0.717, 1.165) is 5.52 Å². The number of nitrogens with zero attached hydrogens (tertiary/aromatic N) is 2. The Morgan fingerprint density at radius 2 is 2.22 bits per heavy atom. The first-order valence-electron chi connectivity index (χ1n) is 7.47. The van der Waals surface area contributed by atoms with Crippen LogP contribution in [0.1, 0.15) is 13.3 Å². The summed E-state index contributed by atoms with van der Waals surface area (Å²) < 4.78 is 28.8. The van der Waals surface area contributed by atoms with Crippen molar-refractivity contribution in [3.05, 3.63) is 24.3 Å². The largest absolute Gasteiger partial charge is 0.431 e. The van der Waals surface area contributed by atoms with Crippen molar-refractivity contribution in [2.24, 2.45) is 0 Å².